The molecule has 0 atom stereocenters. The van der Waals surface area contributed by atoms with Crippen molar-refractivity contribution in [1.82, 2.24) is 24.5 Å². The van der Waals surface area contributed by atoms with Gasteiger partial charge in [-0.05, 0) is 51.5 Å². The topological polar surface area (TPSA) is 55.5 Å². The highest BCUT2D eigenvalue weighted by Gasteiger charge is 2.36. The average molecular weight is 482 g/mol. The fourth-order valence-electron chi connectivity index (χ4n) is 4.03. The Morgan fingerprint density at radius 1 is 0.970 bits per heavy atom. The van der Waals surface area contributed by atoms with E-state index < -0.39 is 0 Å². The van der Waals surface area contributed by atoms with Gasteiger partial charge in [-0.3, -0.25) is 4.90 Å². The first kappa shape index (κ1) is 22.1. The van der Waals surface area contributed by atoms with Crippen molar-refractivity contribution in [2.24, 2.45) is 0 Å². The molecule has 2 aromatic heterocycles. The zero-order valence-corrected chi connectivity index (χ0v) is 20.5. The molecule has 0 bridgehead atoms. The van der Waals surface area contributed by atoms with Crippen LogP contribution < -0.4 is 4.74 Å². The summed E-state index contributed by atoms with van der Waals surface area (Å²) in [7, 11) is 0. The van der Waals surface area contributed by atoms with Crippen LogP contribution in [0.25, 0.3) is 28.0 Å². The monoisotopic (exact) mass is 481 g/mol. The molecule has 3 heterocycles. The van der Waals surface area contributed by atoms with E-state index in [1.807, 2.05) is 55.5 Å². The number of aromatic nitrogens is 4. The molecular weight excluding hydrogens is 457 g/mol. The molecule has 33 heavy (non-hydrogen) atoms. The molecule has 1 aliphatic rings. The highest BCUT2D eigenvalue weighted by atomic mass is 35.5. The zero-order chi connectivity index (χ0) is 23.3. The van der Waals surface area contributed by atoms with Crippen molar-refractivity contribution in [1.29, 1.82) is 0 Å². The zero-order valence-electron chi connectivity index (χ0n) is 19.0. The van der Waals surface area contributed by atoms with Crippen LogP contribution in [0.4, 0.5) is 0 Å². The number of nitrogens with zero attached hydrogens (tertiary/aromatic N) is 5. The van der Waals surface area contributed by atoms with Gasteiger partial charge in [-0.25, -0.2) is 0 Å². The van der Waals surface area contributed by atoms with E-state index in [2.05, 4.69) is 30.7 Å². The van der Waals surface area contributed by atoms with Gasteiger partial charge in [0.1, 0.15) is 17.6 Å². The van der Waals surface area contributed by atoms with Crippen molar-refractivity contribution in [2.75, 3.05) is 13.1 Å². The Hall–Kier alpha value is -2.67. The lowest BCUT2D eigenvalue weighted by Gasteiger charge is -2.46. The molecule has 4 aromatic rings. The van der Waals surface area contributed by atoms with Crippen LogP contribution >= 0.6 is 23.2 Å². The van der Waals surface area contributed by atoms with Crippen LogP contribution in [0.3, 0.4) is 0 Å². The SMILES string of the molecule is Cc1nc(OC2CN(C(C)(C)C)C2)nc2c(-c3ccc(Cl)cc3)c(-c3ccccc3Cl)nn12. The average Bonchev–Trinajstić information content (AvgIpc) is 3.10. The first-order chi connectivity index (χ1) is 15.7. The minimum absolute atomic E-state index is 0.0658. The van der Waals surface area contributed by atoms with E-state index in [0.717, 1.165) is 35.5 Å². The fraction of sp³-hybridized carbons (Fsp3) is 0.320. The second kappa shape index (κ2) is 8.28. The molecule has 1 fully saturated rings. The number of hydrogen-bond acceptors (Lipinski definition) is 5. The quantitative estimate of drug-likeness (QED) is 0.361. The number of likely N-dealkylation sites (tertiary alicyclic amines) is 1. The van der Waals surface area contributed by atoms with Crippen LogP contribution in [0.5, 0.6) is 6.01 Å². The summed E-state index contributed by atoms with van der Waals surface area (Å²) in [6, 6.07) is 15.7. The van der Waals surface area contributed by atoms with Gasteiger partial charge in [-0.15, -0.1) is 0 Å². The minimum atomic E-state index is 0.0658. The van der Waals surface area contributed by atoms with E-state index >= 15 is 0 Å². The summed E-state index contributed by atoms with van der Waals surface area (Å²) in [5, 5.41) is 6.14. The molecule has 0 spiro atoms. The Morgan fingerprint density at radius 3 is 2.33 bits per heavy atom. The molecule has 0 amide bonds. The van der Waals surface area contributed by atoms with Gasteiger partial charge in [0.25, 0.3) is 0 Å². The molecule has 8 heteroatoms. The molecule has 1 aliphatic heterocycles. The van der Waals surface area contributed by atoms with Gasteiger partial charge in [0.15, 0.2) is 5.65 Å². The number of ether oxygens (including phenoxy) is 1. The predicted molar refractivity (Wildman–Crippen MR) is 132 cm³/mol. The largest absolute Gasteiger partial charge is 0.457 e. The minimum Gasteiger partial charge on any atom is -0.457 e. The van der Waals surface area contributed by atoms with Crippen LogP contribution in [0.15, 0.2) is 48.5 Å². The lowest BCUT2D eigenvalue weighted by atomic mass is 9.99. The molecule has 0 unspecified atom stereocenters. The number of rotatable bonds is 4. The van der Waals surface area contributed by atoms with E-state index in [4.69, 9.17) is 38.0 Å². The van der Waals surface area contributed by atoms with Crippen LogP contribution in [0, 0.1) is 6.92 Å². The van der Waals surface area contributed by atoms with Crippen molar-refractivity contribution in [3.8, 4) is 28.4 Å². The van der Waals surface area contributed by atoms with Gasteiger partial charge in [0.2, 0.25) is 0 Å². The normalized spacial score (nSPS) is 15.1. The maximum Gasteiger partial charge on any atom is 0.320 e. The smallest absolute Gasteiger partial charge is 0.320 e. The third-order valence-electron chi connectivity index (χ3n) is 5.96. The number of halogens is 2. The number of hydrogen-bond donors (Lipinski definition) is 0. The van der Waals surface area contributed by atoms with Crippen LogP contribution in [0.1, 0.15) is 26.6 Å². The Balaban J connectivity index is 1.61. The Kier molecular flexibility index (Phi) is 5.55. The molecule has 170 valence electrons. The van der Waals surface area contributed by atoms with Crippen LogP contribution in [-0.4, -0.2) is 49.2 Å². The molecule has 5 rings (SSSR count). The summed E-state index contributed by atoms with van der Waals surface area (Å²) in [5.74, 6) is 0.690. The van der Waals surface area contributed by atoms with E-state index in [0.29, 0.717) is 27.5 Å². The van der Waals surface area contributed by atoms with E-state index in [1.54, 1.807) is 4.52 Å². The molecular formula is C25H25Cl2N5O. The van der Waals surface area contributed by atoms with Crippen LogP contribution in [-0.2, 0) is 0 Å². The second-order valence-electron chi connectivity index (χ2n) is 9.31. The van der Waals surface area contributed by atoms with E-state index in [9.17, 15) is 0 Å². The highest BCUT2D eigenvalue weighted by Crippen LogP contribution is 2.38. The molecule has 6 nitrogen and oxygen atoms in total. The van der Waals surface area contributed by atoms with Gasteiger partial charge < -0.3 is 4.74 Å². The summed E-state index contributed by atoms with van der Waals surface area (Å²) >= 11 is 12.7. The summed E-state index contributed by atoms with van der Waals surface area (Å²) in [6.07, 6.45) is 0.0658. The third kappa shape index (κ3) is 4.19. The Labute approximate surface area is 203 Å². The molecule has 0 saturated carbocycles. The van der Waals surface area contributed by atoms with Crippen molar-refractivity contribution >= 4 is 28.8 Å². The van der Waals surface area contributed by atoms with Gasteiger partial charge >= 0.3 is 6.01 Å². The van der Waals surface area contributed by atoms with E-state index in [1.165, 1.54) is 0 Å². The molecule has 0 aliphatic carbocycles. The fourth-order valence-corrected chi connectivity index (χ4v) is 4.38. The number of benzene rings is 2. The van der Waals surface area contributed by atoms with Crippen molar-refractivity contribution in [3.63, 3.8) is 0 Å². The van der Waals surface area contributed by atoms with Crippen molar-refractivity contribution in [2.45, 2.75) is 39.3 Å². The first-order valence-electron chi connectivity index (χ1n) is 10.9. The first-order valence-corrected chi connectivity index (χ1v) is 11.7. The molecule has 0 radical (unpaired) electrons. The second-order valence-corrected chi connectivity index (χ2v) is 10.2. The van der Waals surface area contributed by atoms with E-state index in [-0.39, 0.29) is 11.6 Å². The highest BCUT2D eigenvalue weighted by molar-refractivity contribution is 6.33. The number of aryl methyl sites for hydroxylation is 1. The lowest BCUT2D eigenvalue weighted by Crippen LogP contribution is -2.60. The van der Waals surface area contributed by atoms with Gasteiger partial charge in [-0.1, -0.05) is 53.5 Å². The Morgan fingerprint density at radius 2 is 1.67 bits per heavy atom. The van der Waals surface area contributed by atoms with Gasteiger partial charge in [0.05, 0.1) is 10.6 Å². The summed E-state index contributed by atoms with van der Waals surface area (Å²) in [4.78, 5) is 11.7. The summed E-state index contributed by atoms with van der Waals surface area (Å²) < 4.78 is 7.91. The molecule has 0 N–H and O–H groups in total. The van der Waals surface area contributed by atoms with Crippen molar-refractivity contribution in [3.05, 3.63) is 64.4 Å². The lowest BCUT2D eigenvalue weighted by molar-refractivity contribution is -0.0388. The summed E-state index contributed by atoms with van der Waals surface area (Å²) in [6.45, 7) is 10.2. The van der Waals surface area contributed by atoms with Gasteiger partial charge in [-0.2, -0.15) is 19.6 Å². The molecule has 1 saturated heterocycles. The maximum absolute atomic E-state index is 6.55. The third-order valence-corrected chi connectivity index (χ3v) is 6.54. The standard InChI is InChI=1S/C25H25Cl2N5O/c1-15-28-24(33-18-13-31(14-18)25(2,3)4)29-23-21(16-9-11-17(26)12-10-16)22(30-32(15)23)19-7-5-6-8-20(19)27/h5-12,18H,13-14H2,1-4H3. The number of fused-ring (bicyclic) bond motifs is 1. The predicted octanol–water partition coefficient (Wildman–Crippen LogP) is 5.94. The maximum atomic E-state index is 6.55. The van der Waals surface area contributed by atoms with Gasteiger partial charge in [0, 0.05) is 29.2 Å². The summed E-state index contributed by atoms with van der Waals surface area (Å²) in [5.41, 5.74) is 4.16. The van der Waals surface area contributed by atoms with Crippen LogP contribution in [0.2, 0.25) is 10.0 Å². The van der Waals surface area contributed by atoms with Crippen molar-refractivity contribution < 1.29 is 4.74 Å². The Bertz CT molecular complexity index is 1320. The molecule has 2 aromatic carbocycles.